The Hall–Kier alpha value is -1.66. The highest BCUT2D eigenvalue weighted by Crippen LogP contribution is 2.38. The van der Waals surface area contributed by atoms with Gasteiger partial charge in [-0.15, -0.1) is 11.3 Å². The molecule has 3 rings (SSSR count). The SMILES string of the molecule is Cn1nc(-c2csc(Br)c2)c(-c2cccc(F)c2)c1N. The Balaban J connectivity index is 2.24. The Morgan fingerprint density at radius 3 is 2.75 bits per heavy atom. The average Bonchev–Trinajstić information content (AvgIpc) is 2.95. The number of aromatic nitrogens is 2. The van der Waals surface area contributed by atoms with E-state index in [9.17, 15) is 4.39 Å². The molecule has 0 aliphatic rings. The van der Waals surface area contributed by atoms with E-state index in [4.69, 9.17) is 5.73 Å². The van der Waals surface area contributed by atoms with E-state index in [1.165, 1.54) is 12.1 Å². The van der Waals surface area contributed by atoms with Crippen molar-refractivity contribution in [3.63, 3.8) is 0 Å². The third-order valence-corrected chi connectivity index (χ3v) is 4.55. The van der Waals surface area contributed by atoms with Gasteiger partial charge in [0, 0.05) is 18.0 Å². The van der Waals surface area contributed by atoms with Crippen molar-refractivity contribution in [2.75, 3.05) is 5.73 Å². The maximum Gasteiger partial charge on any atom is 0.129 e. The van der Waals surface area contributed by atoms with E-state index in [1.807, 2.05) is 17.5 Å². The number of nitrogens with zero attached hydrogens (tertiary/aromatic N) is 2. The third-order valence-electron chi connectivity index (χ3n) is 3.05. The van der Waals surface area contributed by atoms with Gasteiger partial charge in [0.1, 0.15) is 17.3 Å². The summed E-state index contributed by atoms with van der Waals surface area (Å²) in [6.45, 7) is 0. The van der Waals surface area contributed by atoms with Gasteiger partial charge in [-0.2, -0.15) is 5.10 Å². The fourth-order valence-corrected chi connectivity index (χ4v) is 3.24. The van der Waals surface area contributed by atoms with Gasteiger partial charge in [0.15, 0.2) is 0 Å². The summed E-state index contributed by atoms with van der Waals surface area (Å²) in [5, 5.41) is 6.45. The van der Waals surface area contributed by atoms with Crippen LogP contribution in [0, 0.1) is 5.82 Å². The van der Waals surface area contributed by atoms with Gasteiger partial charge >= 0.3 is 0 Å². The number of nitrogens with two attached hydrogens (primary N) is 1. The maximum atomic E-state index is 13.5. The molecule has 1 aromatic carbocycles. The molecule has 0 aliphatic carbocycles. The number of nitrogen functional groups attached to an aromatic ring is 1. The molecule has 2 heterocycles. The molecule has 2 N–H and O–H groups in total. The number of hydrogen-bond donors (Lipinski definition) is 1. The molecule has 0 saturated heterocycles. The second-order valence-corrected chi connectivity index (χ2v) is 6.67. The molecular weight excluding hydrogens is 341 g/mol. The topological polar surface area (TPSA) is 43.8 Å². The Morgan fingerprint density at radius 2 is 2.10 bits per heavy atom. The van der Waals surface area contributed by atoms with E-state index in [0.29, 0.717) is 5.82 Å². The van der Waals surface area contributed by atoms with E-state index in [-0.39, 0.29) is 5.82 Å². The summed E-state index contributed by atoms with van der Waals surface area (Å²) in [4.78, 5) is 0. The fourth-order valence-electron chi connectivity index (χ4n) is 2.10. The highest BCUT2D eigenvalue weighted by atomic mass is 79.9. The van der Waals surface area contributed by atoms with Crippen LogP contribution in [0.5, 0.6) is 0 Å². The van der Waals surface area contributed by atoms with E-state index in [2.05, 4.69) is 21.0 Å². The van der Waals surface area contributed by atoms with Crippen molar-refractivity contribution in [1.82, 2.24) is 9.78 Å². The molecule has 6 heteroatoms. The van der Waals surface area contributed by atoms with Crippen LogP contribution in [0.1, 0.15) is 0 Å². The minimum absolute atomic E-state index is 0.289. The molecule has 2 aromatic heterocycles. The molecule has 0 atom stereocenters. The van der Waals surface area contributed by atoms with Crippen molar-refractivity contribution < 1.29 is 4.39 Å². The monoisotopic (exact) mass is 351 g/mol. The summed E-state index contributed by atoms with van der Waals surface area (Å²) < 4.78 is 16.1. The first-order chi connectivity index (χ1) is 9.56. The lowest BCUT2D eigenvalue weighted by Crippen LogP contribution is -1.98. The molecule has 3 aromatic rings. The number of aryl methyl sites for hydroxylation is 1. The molecule has 20 heavy (non-hydrogen) atoms. The van der Waals surface area contributed by atoms with Crippen LogP contribution in [0.4, 0.5) is 10.2 Å². The second-order valence-electron chi connectivity index (χ2n) is 4.38. The van der Waals surface area contributed by atoms with E-state index >= 15 is 0 Å². The molecule has 0 unspecified atom stereocenters. The van der Waals surface area contributed by atoms with Crippen LogP contribution >= 0.6 is 27.3 Å². The van der Waals surface area contributed by atoms with Crippen molar-refractivity contribution in [2.45, 2.75) is 0 Å². The molecule has 0 bridgehead atoms. The largest absolute Gasteiger partial charge is 0.383 e. The molecule has 0 spiro atoms. The lowest BCUT2D eigenvalue weighted by Gasteiger charge is -2.03. The highest BCUT2D eigenvalue weighted by molar-refractivity contribution is 9.11. The number of thiophene rings is 1. The van der Waals surface area contributed by atoms with Crippen molar-refractivity contribution in [3.8, 4) is 22.4 Å². The minimum Gasteiger partial charge on any atom is -0.383 e. The van der Waals surface area contributed by atoms with Gasteiger partial charge in [-0.1, -0.05) is 12.1 Å². The molecule has 102 valence electrons. The first kappa shape index (κ1) is 13.3. The van der Waals surface area contributed by atoms with Gasteiger partial charge in [-0.3, -0.25) is 4.68 Å². The van der Waals surface area contributed by atoms with Crippen molar-refractivity contribution in [3.05, 3.63) is 45.3 Å². The van der Waals surface area contributed by atoms with Gasteiger partial charge < -0.3 is 5.73 Å². The molecule has 0 aliphatic heterocycles. The summed E-state index contributed by atoms with van der Waals surface area (Å²) >= 11 is 5.01. The molecular formula is C14H11BrFN3S. The minimum atomic E-state index is -0.289. The second kappa shape index (κ2) is 5.03. The Kier molecular flexibility index (Phi) is 3.35. The highest BCUT2D eigenvalue weighted by Gasteiger charge is 2.18. The standard InChI is InChI=1S/C14H11BrFN3S/c1-19-14(17)12(8-3-2-4-10(16)5-8)13(18-19)9-6-11(15)20-7-9/h2-7H,17H2,1H3. The predicted octanol–water partition coefficient (Wildman–Crippen LogP) is 4.30. The van der Waals surface area contributed by atoms with Gasteiger partial charge in [-0.05, 0) is 39.7 Å². The fraction of sp³-hybridized carbons (Fsp3) is 0.0714. The zero-order valence-electron chi connectivity index (χ0n) is 10.6. The first-order valence-electron chi connectivity index (χ1n) is 5.89. The van der Waals surface area contributed by atoms with Gasteiger partial charge in [0.05, 0.1) is 9.35 Å². The lowest BCUT2D eigenvalue weighted by atomic mass is 10.0. The third kappa shape index (κ3) is 2.25. The van der Waals surface area contributed by atoms with E-state index in [1.54, 1.807) is 29.1 Å². The summed E-state index contributed by atoms with van der Waals surface area (Å²) in [7, 11) is 1.78. The van der Waals surface area contributed by atoms with Crippen LogP contribution in [0.3, 0.4) is 0 Å². The molecule has 0 fully saturated rings. The summed E-state index contributed by atoms with van der Waals surface area (Å²) in [5.74, 6) is 0.233. The molecule has 0 radical (unpaired) electrons. The molecule has 0 amide bonds. The number of halogens is 2. The summed E-state index contributed by atoms with van der Waals surface area (Å²) in [5.41, 5.74) is 9.32. The first-order valence-corrected chi connectivity index (χ1v) is 7.56. The van der Waals surface area contributed by atoms with Crippen LogP contribution in [0.25, 0.3) is 22.4 Å². The van der Waals surface area contributed by atoms with Crippen LogP contribution in [0.15, 0.2) is 39.5 Å². The normalized spacial score (nSPS) is 10.9. The zero-order chi connectivity index (χ0) is 14.3. The quantitative estimate of drug-likeness (QED) is 0.747. The van der Waals surface area contributed by atoms with Crippen LogP contribution < -0.4 is 5.73 Å². The predicted molar refractivity (Wildman–Crippen MR) is 84.0 cm³/mol. The van der Waals surface area contributed by atoms with Crippen molar-refractivity contribution in [1.29, 1.82) is 0 Å². The number of hydrogen-bond acceptors (Lipinski definition) is 3. The average molecular weight is 352 g/mol. The van der Waals surface area contributed by atoms with Crippen molar-refractivity contribution in [2.24, 2.45) is 7.05 Å². The Morgan fingerprint density at radius 1 is 1.30 bits per heavy atom. The van der Waals surface area contributed by atoms with Gasteiger partial charge in [0.2, 0.25) is 0 Å². The number of anilines is 1. The number of benzene rings is 1. The summed E-state index contributed by atoms with van der Waals surface area (Å²) in [6, 6.07) is 8.37. The summed E-state index contributed by atoms with van der Waals surface area (Å²) in [6.07, 6.45) is 0. The molecule has 3 nitrogen and oxygen atoms in total. The van der Waals surface area contributed by atoms with Gasteiger partial charge in [0.25, 0.3) is 0 Å². The van der Waals surface area contributed by atoms with Crippen LogP contribution in [-0.4, -0.2) is 9.78 Å². The Bertz CT molecular complexity index is 779. The van der Waals surface area contributed by atoms with Crippen molar-refractivity contribution >= 4 is 33.1 Å². The maximum absolute atomic E-state index is 13.5. The van der Waals surface area contributed by atoms with E-state index < -0.39 is 0 Å². The zero-order valence-corrected chi connectivity index (χ0v) is 13.0. The Labute approximate surface area is 128 Å². The van der Waals surface area contributed by atoms with Crippen LogP contribution in [-0.2, 0) is 7.05 Å². The van der Waals surface area contributed by atoms with E-state index in [0.717, 1.165) is 26.2 Å². The molecule has 0 saturated carbocycles. The van der Waals surface area contributed by atoms with Crippen LogP contribution in [0.2, 0.25) is 0 Å². The smallest absolute Gasteiger partial charge is 0.129 e. The lowest BCUT2D eigenvalue weighted by molar-refractivity contribution is 0.628. The number of rotatable bonds is 2. The van der Waals surface area contributed by atoms with Gasteiger partial charge in [-0.25, -0.2) is 4.39 Å².